The number of alkyl halides is 3. The molecule has 0 saturated heterocycles. The average Bonchev–Trinajstić information content (AvgIpc) is 3.09. The molecule has 3 aromatic rings. The Bertz CT molecular complexity index is 958. The summed E-state index contributed by atoms with van der Waals surface area (Å²) >= 11 is 2.36. The Kier molecular flexibility index (Phi) is 6.30. The highest BCUT2D eigenvalue weighted by molar-refractivity contribution is 8.00. The zero-order valence-corrected chi connectivity index (χ0v) is 15.8. The van der Waals surface area contributed by atoms with Crippen molar-refractivity contribution in [3.05, 3.63) is 71.0 Å². The molecule has 10 heteroatoms. The van der Waals surface area contributed by atoms with Crippen molar-refractivity contribution in [1.82, 2.24) is 10.2 Å². The first-order valence-electron chi connectivity index (χ1n) is 7.96. The maximum Gasteiger partial charge on any atom is 0.416 e. The van der Waals surface area contributed by atoms with Gasteiger partial charge in [-0.25, -0.2) is 4.39 Å². The number of nitrogens with zero attached hydrogens (tertiary/aromatic N) is 2. The van der Waals surface area contributed by atoms with E-state index in [1.165, 1.54) is 42.1 Å². The van der Waals surface area contributed by atoms with E-state index in [1.807, 2.05) is 0 Å². The lowest BCUT2D eigenvalue weighted by Crippen LogP contribution is -2.14. The quantitative estimate of drug-likeness (QED) is 0.335. The van der Waals surface area contributed by atoms with Crippen LogP contribution < -0.4 is 5.32 Å². The number of halogens is 4. The second kappa shape index (κ2) is 8.70. The molecule has 0 bridgehead atoms. The average molecular weight is 427 g/mol. The number of carbonyl (C=O) groups is 1. The summed E-state index contributed by atoms with van der Waals surface area (Å²) in [5, 5.41) is 10.7. The van der Waals surface area contributed by atoms with Crippen molar-refractivity contribution >= 4 is 34.1 Å². The summed E-state index contributed by atoms with van der Waals surface area (Å²) in [5.74, 6) is -0.407. The van der Waals surface area contributed by atoms with Gasteiger partial charge in [0.1, 0.15) is 5.82 Å². The van der Waals surface area contributed by atoms with Crippen molar-refractivity contribution in [2.45, 2.75) is 22.7 Å². The molecule has 0 aliphatic carbocycles. The minimum Gasteiger partial charge on any atom is -0.300 e. The van der Waals surface area contributed by atoms with E-state index in [2.05, 4.69) is 15.5 Å². The van der Waals surface area contributed by atoms with Crippen molar-refractivity contribution in [3.63, 3.8) is 0 Å². The van der Waals surface area contributed by atoms with E-state index in [1.54, 1.807) is 6.07 Å². The summed E-state index contributed by atoms with van der Waals surface area (Å²) in [6.07, 6.45) is -4.32. The van der Waals surface area contributed by atoms with Crippen LogP contribution in [0.2, 0.25) is 0 Å². The zero-order chi connectivity index (χ0) is 20.1. The van der Waals surface area contributed by atoms with Crippen LogP contribution in [0.3, 0.4) is 0 Å². The monoisotopic (exact) mass is 427 g/mol. The molecule has 146 valence electrons. The standard InChI is InChI=1S/C18H13F4N3OS2/c19-14-6-4-11(5-7-14)9-15(26)23-16-24-25-17(28-16)27-10-12-2-1-3-13(8-12)18(20,21)22/h1-8H,9-10H2,(H,23,24,26). The van der Waals surface area contributed by atoms with Gasteiger partial charge in [0.15, 0.2) is 4.34 Å². The molecule has 1 N–H and O–H groups in total. The number of aromatic nitrogens is 2. The van der Waals surface area contributed by atoms with Gasteiger partial charge in [-0.15, -0.1) is 10.2 Å². The van der Waals surface area contributed by atoms with Gasteiger partial charge in [-0.1, -0.05) is 53.4 Å². The third kappa shape index (κ3) is 5.77. The second-order valence-electron chi connectivity index (χ2n) is 5.71. The van der Waals surface area contributed by atoms with Gasteiger partial charge >= 0.3 is 6.18 Å². The molecule has 1 heterocycles. The lowest BCUT2D eigenvalue weighted by Gasteiger charge is -2.07. The van der Waals surface area contributed by atoms with E-state index in [4.69, 9.17) is 0 Å². The van der Waals surface area contributed by atoms with E-state index in [0.717, 1.165) is 23.5 Å². The van der Waals surface area contributed by atoms with Crippen molar-refractivity contribution in [2.24, 2.45) is 0 Å². The smallest absolute Gasteiger partial charge is 0.300 e. The van der Waals surface area contributed by atoms with E-state index < -0.39 is 11.7 Å². The fraction of sp³-hybridized carbons (Fsp3) is 0.167. The zero-order valence-electron chi connectivity index (χ0n) is 14.2. The van der Waals surface area contributed by atoms with Crippen LogP contribution in [0.5, 0.6) is 0 Å². The van der Waals surface area contributed by atoms with Crippen molar-refractivity contribution in [1.29, 1.82) is 0 Å². The molecule has 0 saturated carbocycles. The molecule has 0 aliphatic heterocycles. The Morgan fingerprint density at radius 3 is 2.54 bits per heavy atom. The number of hydrogen-bond acceptors (Lipinski definition) is 5. The van der Waals surface area contributed by atoms with Gasteiger partial charge in [0.25, 0.3) is 0 Å². The molecule has 0 radical (unpaired) electrons. The lowest BCUT2D eigenvalue weighted by molar-refractivity contribution is -0.137. The predicted molar refractivity (Wildman–Crippen MR) is 99.6 cm³/mol. The van der Waals surface area contributed by atoms with Gasteiger partial charge in [0, 0.05) is 5.75 Å². The number of rotatable bonds is 6. The molecule has 3 rings (SSSR count). The van der Waals surface area contributed by atoms with Gasteiger partial charge in [0.2, 0.25) is 11.0 Å². The first-order chi connectivity index (χ1) is 13.3. The first kappa shape index (κ1) is 20.3. The Balaban J connectivity index is 1.54. The van der Waals surface area contributed by atoms with E-state index in [-0.39, 0.29) is 18.1 Å². The highest BCUT2D eigenvalue weighted by atomic mass is 32.2. The molecule has 28 heavy (non-hydrogen) atoms. The topological polar surface area (TPSA) is 54.9 Å². The van der Waals surface area contributed by atoms with Gasteiger partial charge in [-0.05, 0) is 29.3 Å². The SMILES string of the molecule is O=C(Cc1ccc(F)cc1)Nc1nnc(SCc2cccc(C(F)(F)F)c2)s1. The Morgan fingerprint density at radius 2 is 1.82 bits per heavy atom. The minimum atomic E-state index is -4.38. The van der Waals surface area contributed by atoms with Gasteiger partial charge in [0.05, 0.1) is 12.0 Å². The van der Waals surface area contributed by atoms with E-state index in [0.29, 0.717) is 26.4 Å². The molecule has 1 amide bonds. The molecule has 2 aromatic carbocycles. The molecule has 0 aliphatic rings. The van der Waals surface area contributed by atoms with Crippen LogP contribution in [0.25, 0.3) is 0 Å². The summed E-state index contributed by atoms with van der Waals surface area (Å²) in [6, 6.07) is 10.7. The van der Waals surface area contributed by atoms with Gasteiger partial charge < -0.3 is 5.32 Å². The largest absolute Gasteiger partial charge is 0.416 e. The van der Waals surface area contributed by atoms with Gasteiger partial charge in [-0.2, -0.15) is 13.2 Å². The van der Waals surface area contributed by atoms with Gasteiger partial charge in [-0.3, -0.25) is 4.79 Å². The number of carbonyl (C=O) groups excluding carboxylic acids is 1. The highest BCUT2D eigenvalue weighted by Crippen LogP contribution is 2.32. The summed E-state index contributed by atoms with van der Waals surface area (Å²) < 4.78 is 51.6. The van der Waals surface area contributed by atoms with E-state index in [9.17, 15) is 22.4 Å². The summed E-state index contributed by atoms with van der Waals surface area (Å²) in [4.78, 5) is 12.0. The highest BCUT2D eigenvalue weighted by Gasteiger charge is 2.30. The maximum absolute atomic E-state index is 12.9. The normalized spacial score (nSPS) is 11.4. The molecule has 0 atom stereocenters. The molecule has 0 fully saturated rings. The van der Waals surface area contributed by atoms with Crippen LogP contribution in [0, 0.1) is 5.82 Å². The van der Waals surface area contributed by atoms with Crippen LogP contribution in [-0.2, 0) is 23.1 Å². The summed E-state index contributed by atoms with van der Waals surface area (Å²) in [5.41, 5.74) is 0.469. The molecule has 1 aromatic heterocycles. The second-order valence-corrected chi connectivity index (χ2v) is 7.91. The van der Waals surface area contributed by atoms with E-state index >= 15 is 0 Å². The number of benzene rings is 2. The number of thioether (sulfide) groups is 1. The van der Waals surface area contributed by atoms with Crippen LogP contribution in [0.1, 0.15) is 16.7 Å². The number of amides is 1. The first-order valence-corrected chi connectivity index (χ1v) is 9.76. The van der Waals surface area contributed by atoms with Crippen molar-refractivity contribution < 1.29 is 22.4 Å². The van der Waals surface area contributed by atoms with Crippen LogP contribution in [0.15, 0.2) is 52.9 Å². The summed E-state index contributed by atoms with van der Waals surface area (Å²) in [7, 11) is 0. The molecule has 0 spiro atoms. The fourth-order valence-electron chi connectivity index (χ4n) is 2.25. The molecular formula is C18H13F4N3OS2. The maximum atomic E-state index is 12.9. The number of hydrogen-bond donors (Lipinski definition) is 1. The van der Waals surface area contributed by atoms with Crippen LogP contribution >= 0.6 is 23.1 Å². The predicted octanol–water partition coefficient (Wildman–Crippen LogP) is 5.17. The fourth-order valence-corrected chi connectivity index (χ4v) is 3.96. The Labute approximate surface area is 166 Å². The Hall–Kier alpha value is -2.46. The lowest BCUT2D eigenvalue weighted by atomic mass is 10.1. The molecule has 4 nitrogen and oxygen atoms in total. The number of nitrogens with one attached hydrogen (secondary N) is 1. The van der Waals surface area contributed by atoms with Crippen LogP contribution in [-0.4, -0.2) is 16.1 Å². The van der Waals surface area contributed by atoms with Crippen molar-refractivity contribution in [3.8, 4) is 0 Å². The molecule has 0 unspecified atom stereocenters. The Morgan fingerprint density at radius 1 is 1.07 bits per heavy atom. The third-order valence-electron chi connectivity index (χ3n) is 3.55. The minimum absolute atomic E-state index is 0.0621. The molecular weight excluding hydrogens is 414 g/mol. The van der Waals surface area contributed by atoms with Crippen LogP contribution in [0.4, 0.5) is 22.7 Å². The number of anilines is 1. The third-order valence-corrected chi connectivity index (χ3v) is 5.59. The van der Waals surface area contributed by atoms with Crippen molar-refractivity contribution in [2.75, 3.05) is 5.32 Å². The summed E-state index contributed by atoms with van der Waals surface area (Å²) in [6.45, 7) is 0.